The molecule has 0 fully saturated rings. The lowest BCUT2D eigenvalue weighted by molar-refractivity contribution is -0.118. The van der Waals surface area contributed by atoms with Crippen molar-refractivity contribution in [1.29, 1.82) is 0 Å². The van der Waals surface area contributed by atoms with Crippen LogP contribution in [0.15, 0.2) is 41.3 Å². The molecule has 2 aromatic rings. The summed E-state index contributed by atoms with van der Waals surface area (Å²) < 4.78 is 24.4. The normalized spacial score (nSPS) is 13.6. The first-order chi connectivity index (χ1) is 13.3. The Bertz CT molecular complexity index is 831. The highest BCUT2D eigenvalue weighted by molar-refractivity contribution is 8.00. The number of nitrogens with one attached hydrogen (secondary N) is 1. The SMILES string of the molecule is CC(C)(C)c1ccc(SCC(=O)NCCc2cc(F)cc3c2OCOC3)cc1. The van der Waals surface area contributed by atoms with Gasteiger partial charge in [0.25, 0.3) is 0 Å². The molecule has 1 heterocycles. The van der Waals surface area contributed by atoms with Gasteiger partial charge in [-0.05, 0) is 47.2 Å². The molecule has 28 heavy (non-hydrogen) atoms. The third-order valence-electron chi connectivity index (χ3n) is 4.56. The van der Waals surface area contributed by atoms with Crippen LogP contribution >= 0.6 is 11.8 Å². The summed E-state index contributed by atoms with van der Waals surface area (Å²) in [5.41, 5.74) is 2.85. The summed E-state index contributed by atoms with van der Waals surface area (Å²) in [6.45, 7) is 7.48. The van der Waals surface area contributed by atoms with Crippen LogP contribution in [0, 0.1) is 5.82 Å². The second kappa shape index (κ2) is 8.97. The maximum absolute atomic E-state index is 13.7. The number of amides is 1. The van der Waals surface area contributed by atoms with Crippen molar-refractivity contribution >= 4 is 17.7 Å². The molecule has 0 saturated carbocycles. The molecule has 150 valence electrons. The fourth-order valence-electron chi connectivity index (χ4n) is 3.03. The van der Waals surface area contributed by atoms with Crippen LogP contribution in [0.1, 0.15) is 37.5 Å². The van der Waals surface area contributed by atoms with Crippen molar-refractivity contribution in [2.75, 3.05) is 19.1 Å². The number of carbonyl (C=O) groups excluding carboxylic acids is 1. The van der Waals surface area contributed by atoms with Crippen molar-refractivity contribution in [3.05, 3.63) is 58.9 Å². The van der Waals surface area contributed by atoms with Crippen LogP contribution in [0.25, 0.3) is 0 Å². The molecule has 4 nitrogen and oxygen atoms in total. The Morgan fingerprint density at radius 1 is 1.21 bits per heavy atom. The highest BCUT2D eigenvalue weighted by atomic mass is 32.2. The van der Waals surface area contributed by atoms with E-state index in [0.29, 0.717) is 36.6 Å². The Labute approximate surface area is 169 Å². The minimum Gasteiger partial charge on any atom is -0.467 e. The van der Waals surface area contributed by atoms with Crippen LogP contribution in [0.5, 0.6) is 5.75 Å². The Hall–Kier alpha value is -2.05. The summed E-state index contributed by atoms with van der Waals surface area (Å²) in [6.07, 6.45) is 0.511. The monoisotopic (exact) mass is 403 g/mol. The van der Waals surface area contributed by atoms with Crippen LogP contribution in [0.2, 0.25) is 0 Å². The molecule has 0 saturated heterocycles. The fraction of sp³-hybridized carbons (Fsp3) is 0.409. The zero-order valence-corrected chi connectivity index (χ0v) is 17.3. The second-order valence-electron chi connectivity index (χ2n) is 7.83. The number of ether oxygens (including phenoxy) is 2. The van der Waals surface area contributed by atoms with Gasteiger partial charge in [-0.1, -0.05) is 32.9 Å². The smallest absolute Gasteiger partial charge is 0.230 e. The van der Waals surface area contributed by atoms with Crippen molar-refractivity contribution in [2.45, 2.75) is 44.1 Å². The number of hydrogen-bond donors (Lipinski definition) is 1. The fourth-order valence-corrected chi connectivity index (χ4v) is 3.76. The number of benzene rings is 2. The Morgan fingerprint density at radius 3 is 2.68 bits per heavy atom. The van der Waals surface area contributed by atoms with Crippen molar-refractivity contribution in [3.63, 3.8) is 0 Å². The molecule has 1 aliphatic heterocycles. The summed E-state index contributed by atoms with van der Waals surface area (Å²) in [5.74, 6) is 0.665. The van der Waals surface area contributed by atoms with E-state index in [9.17, 15) is 9.18 Å². The molecule has 0 bridgehead atoms. The van der Waals surface area contributed by atoms with Crippen LogP contribution in [-0.2, 0) is 28.0 Å². The summed E-state index contributed by atoms with van der Waals surface area (Å²) in [5, 5.41) is 2.89. The summed E-state index contributed by atoms with van der Waals surface area (Å²) in [6, 6.07) is 11.2. The van der Waals surface area contributed by atoms with Crippen LogP contribution in [0.4, 0.5) is 4.39 Å². The highest BCUT2D eigenvalue weighted by Gasteiger charge is 2.17. The van der Waals surface area contributed by atoms with Gasteiger partial charge in [0.15, 0.2) is 6.79 Å². The predicted octanol–water partition coefficient (Wildman–Crippen LogP) is 4.44. The average molecular weight is 404 g/mol. The van der Waals surface area contributed by atoms with E-state index in [0.717, 1.165) is 10.5 Å². The van der Waals surface area contributed by atoms with E-state index < -0.39 is 0 Å². The van der Waals surface area contributed by atoms with Crippen molar-refractivity contribution in [2.24, 2.45) is 0 Å². The number of fused-ring (bicyclic) bond motifs is 1. The lowest BCUT2D eigenvalue weighted by Crippen LogP contribution is -2.27. The van der Waals surface area contributed by atoms with E-state index in [1.807, 2.05) is 0 Å². The van der Waals surface area contributed by atoms with Gasteiger partial charge in [-0.25, -0.2) is 4.39 Å². The van der Waals surface area contributed by atoms with Gasteiger partial charge in [0.1, 0.15) is 11.6 Å². The zero-order chi connectivity index (χ0) is 20.1. The van der Waals surface area contributed by atoms with Gasteiger partial charge >= 0.3 is 0 Å². The van der Waals surface area contributed by atoms with Gasteiger partial charge in [0, 0.05) is 17.0 Å². The number of halogens is 1. The number of carbonyl (C=O) groups is 1. The molecule has 6 heteroatoms. The van der Waals surface area contributed by atoms with E-state index in [1.54, 1.807) is 0 Å². The van der Waals surface area contributed by atoms with Crippen molar-refractivity contribution in [1.82, 2.24) is 5.32 Å². The molecular formula is C22H26FNO3S. The topological polar surface area (TPSA) is 47.6 Å². The Kier molecular flexibility index (Phi) is 6.62. The van der Waals surface area contributed by atoms with Gasteiger partial charge in [0.05, 0.1) is 12.4 Å². The maximum Gasteiger partial charge on any atom is 0.230 e. The number of hydrogen-bond acceptors (Lipinski definition) is 4. The molecule has 0 aromatic heterocycles. The minimum atomic E-state index is -0.316. The average Bonchev–Trinajstić information content (AvgIpc) is 2.66. The largest absolute Gasteiger partial charge is 0.467 e. The standard InChI is InChI=1S/C22H26FNO3S/c1-22(2,3)17-4-6-19(7-5-17)28-13-20(25)24-9-8-15-10-18(23)11-16-12-26-14-27-21(15)16/h4-7,10-11H,8-9,12-14H2,1-3H3,(H,24,25). The molecule has 0 radical (unpaired) electrons. The Balaban J connectivity index is 1.47. The summed E-state index contributed by atoms with van der Waals surface area (Å²) in [7, 11) is 0. The molecule has 3 rings (SSSR count). The number of rotatable bonds is 6. The first kappa shape index (κ1) is 20.7. The third kappa shape index (κ3) is 5.49. The third-order valence-corrected chi connectivity index (χ3v) is 5.57. The van der Waals surface area contributed by atoms with Gasteiger partial charge in [0.2, 0.25) is 5.91 Å². The molecule has 0 aliphatic carbocycles. The highest BCUT2D eigenvalue weighted by Crippen LogP contribution is 2.29. The predicted molar refractivity (Wildman–Crippen MR) is 109 cm³/mol. The Morgan fingerprint density at radius 2 is 1.96 bits per heavy atom. The van der Waals surface area contributed by atoms with Gasteiger partial charge in [-0.2, -0.15) is 0 Å². The molecule has 0 unspecified atom stereocenters. The van der Waals surface area contributed by atoms with Crippen molar-refractivity contribution in [3.8, 4) is 5.75 Å². The lowest BCUT2D eigenvalue weighted by atomic mass is 9.87. The molecule has 1 N–H and O–H groups in total. The maximum atomic E-state index is 13.7. The molecule has 0 spiro atoms. The first-order valence-electron chi connectivity index (χ1n) is 9.35. The van der Waals surface area contributed by atoms with E-state index in [2.05, 4.69) is 50.4 Å². The zero-order valence-electron chi connectivity index (χ0n) is 16.5. The quantitative estimate of drug-likeness (QED) is 0.725. The first-order valence-corrected chi connectivity index (χ1v) is 10.3. The van der Waals surface area contributed by atoms with Gasteiger partial charge in [-0.15, -0.1) is 11.8 Å². The summed E-state index contributed by atoms with van der Waals surface area (Å²) in [4.78, 5) is 13.2. The molecule has 1 aliphatic rings. The van der Waals surface area contributed by atoms with Crippen molar-refractivity contribution < 1.29 is 18.7 Å². The van der Waals surface area contributed by atoms with Crippen LogP contribution in [0.3, 0.4) is 0 Å². The minimum absolute atomic E-state index is 0.0422. The molecule has 2 aromatic carbocycles. The van der Waals surface area contributed by atoms with E-state index in [1.165, 1.54) is 29.5 Å². The second-order valence-corrected chi connectivity index (χ2v) is 8.88. The molecular weight excluding hydrogens is 377 g/mol. The molecule has 0 atom stereocenters. The summed E-state index contributed by atoms with van der Waals surface area (Å²) >= 11 is 1.51. The van der Waals surface area contributed by atoms with E-state index in [-0.39, 0.29) is 23.9 Å². The van der Waals surface area contributed by atoms with E-state index in [4.69, 9.17) is 9.47 Å². The molecule has 1 amide bonds. The van der Waals surface area contributed by atoms with Gasteiger partial charge < -0.3 is 14.8 Å². The van der Waals surface area contributed by atoms with E-state index >= 15 is 0 Å². The van der Waals surface area contributed by atoms with Crippen LogP contribution in [-0.4, -0.2) is 25.0 Å². The number of thioether (sulfide) groups is 1. The van der Waals surface area contributed by atoms with Crippen LogP contribution < -0.4 is 10.1 Å². The lowest BCUT2D eigenvalue weighted by Gasteiger charge is -2.21. The van der Waals surface area contributed by atoms with Gasteiger partial charge in [-0.3, -0.25) is 4.79 Å².